The van der Waals surface area contributed by atoms with Crippen LogP contribution in [0.1, 0.15) is 33.1 Å². The van der Waals surface area contributed by atoms with Crippen molar-refractivity contribution in [2.45, 2.75) is 33.1 Å². The van der Waals surface area contributed by atoms with Crippen LogP contribution < -0.4 is 0 Å². The summed E-state index contributed by atoms with van der Waals surface area (Å²) in [5.74, 6) is 4.50. The lowest BCUT2D eigenvalue weighted by Crippen LogP contribution is -2.32. The van der Waals surface area contributed by atoms with E-state index in [4.69, 9.17) is 0 Å². The minimum absolute atomic E-state index is 0.943. The third-order valence-corrected chi connectivity index (χ3v) is 4.57. The van der Waals surface area contributed by atoms with E-state index in [1.54, 1.807) is 19.3 Å². The molecule has 0 heteroatoms. The molecule has 0 aliphatic heterocycles. The molecule has 5 atom stereocenters. The van der Waals surface area contributed by atoms with Gasteiger partial charge in [-0.1, -0.05) is 13.8 Å². The van der Waals surface area contributed by atoms with Crippen LogP contribution in [0.3, 0.4) is 0 Å². The first-order valence-corrected chi connectivity index (χ1v) is 4.74. The van der Waals surface area contributed by atoms with Crippen molar-refractivity contribution in [3.8, 4) is 0 Å². The molecule has 0 bridgehead atoms. The molecular weight excluding hydrogens is 120 g/mol. The first kappa shape index (κ1) is 5.62. The molecule has 0 nitrogen and oxygen atoms in total. The predicted octanol–water partition coefficient (Wildman–Crippen LogP) is 2.69. The molecule has 3 fully saturated rings. The highest BCUT2D eigenvalue weighted by Crippen LogP contribution is 2.80. The van der Waals surface area contributed by atoms with E-state index in [0.717, 1.165) is 23.2 Å². The first-order valence-electron chi connectivity index (χ1n) is 4.74. The maximum absolute atomic E-state index is 2.47. The summed E-state index contributed by atoms with van der Waals surface area (Å²) in [6.07, 6.45) is 4.73. The molecule has 0 saturated heterocycles. The Bertz CT molecular complexity index is 184. The summed E-state index contributed by atoms with van der Waals surface area (Å²) in [5, 5.41) is 0. The Hall–Kier alpha value is 0. The zero-order valence-electron chi connectivity index (χ0n) is 6.93. The molecule has 10 heavy (non-hydrogen) atoms. The van der Waals surface area contributed by atoms with Crippen LogP contribution in [0.5, 0.6) is 0 Å². The molecule has 0 radical (unpaired) electrons. The van der Waals surface area contributed by atoms with Gasteiger partial charge in [0.15, 0.2) is 0 Å². The van der Waals surface area contributed by atoms with E-state index in [-0.39, 0.29) is 0 Å². The highest BCUT2D eigenvalue weighted by Gasteiger charge is 2.73. The molecule has 0 aromatic rings. The van der Waals surface area contributed by atoms with Crippen LogP contribution in [0.25, 0.3) is 0 Å². The van der Waals surface area contributed by atoms with Crippen LogP contribution in [-0.4, -0.2) is 0 Å². The third kappa shape index (κ3) is 0.383. The predicted molar refractivity (Wildman–Crippen MR) is 41.6 cm³/mol. The SMILES string of the molecule is CC1CC2C(C)C3CC23C1. The average molecular weight is 136 g/mol. The smallest absolute Gasteiger partial charge is 0.0230 e. The van der Waals surface area contributed by atoms with Crippen molar-refractivity contribution in [2.24, 2.45) is 29.1 Å². The molecule has 5 unspecified atom stereocenters. The standard InChI is InChI=1S/C10H16/c1-6-3-8-7(2)9-5-10(8,9)4-6/h6-9H,3-5H2,1-2H3. The molecule has 0 aromatic carbocycles. The maximum Gasteiger partial charge on any atom is -0.0230 e. The minimum atomic E-state index is 0.943. The highest BCUT2D eigenvalue weighted by atomic mass is 14.8. The minimum Gasteiger partial charge on any atom is -0.0625 e. The van der Waals surface area contributed by atoms with Crippen LogP contribution in [0.4, 0.5) is 0 Å². The van der Waals surface area contributed by atoms with Gasteiger partial charge in [-0.05, 0) is 48.3 Å². The third-order valence-electron chi connectivity index (χ3n) is 4.57. The van der Waals surface area contributed by atoms with Crippen molar-refractivity contribution in [3.05, 3.63) is 0 Å². The van der Waals surface area contributed by atoms with Crippen LogP contribution in [0, 0.1) is 29.1 Å². The molecule has 1 spiro atoms. The monoisotopic (exact) mass is 136 g/mol. The van der Waals surface area contributed by atoms with Crippen LogP contribution >= 0.6 is 0 Å². The van der Waals surface area contributed by atoms with Gasteiger partial charge in [-0.15, -0.1) is 0 Å². The van der Waals surface area contributed by atoms with E-state index < -0.39 is 0 Å². The van der Waals surface area contributed by atoms with Crippen molar-refractivity contribution >= 4 is 0 Å². The Morgan fingerprint density at radius 2 is 1.90 bits per heavy atom. The van der Waals surface area contributed by atoms with Gasteiger partial charge in [0.25, 0.3) is 0 Å². The van der Waals surface area contributed by atoms with E-state index in [1.807, 2.05) is 0 Å². The van der Waals surface area contributed by atoms with E-state index >= 15 is 0 Å². The van der Waals surface area contributed by atoms with E-state index in [9.17, 15) is 0 Å². The van der Waals surface area contributed by atoms with Crippen LogP contribution in [0.2, 0.25) is 0 Å². The fraction of sp³-hybridized carbons (Fsp3) is 1.00. The van der Waals surface area contributed by atoms with Gasteiger partial charge in [-0.2, -0.15) is 0 Å². The molecule has 3 aliphatic rings. The Morgan fingerprint density at radius 3 is 2.50 bits per heavy atom. The van der Waals surface area contributed by atoms with Crippen molar-refractivity contribution < 1.29 is 0 Å². The second-order valence-electron chi connectivity index (χ2n) is 5.05. The molecule has 3 rings (SSSR count). The molecule has 3 aliphatic carbocycles. The van der Waals surface area contributed by atoms with Gasteiger partial charge in [0.2, 0.25) is 0 Å². The molecular formula is C10H16. The lowest BCUT2D eigenvalue weighted by atomic mass is 9.68. The first-order chi connectivity index (χ1) is 4.74. The van der Waals surface area contributed by atoms with Gasteiger partial charge in [-0.3, -0.25) is 0 Å². The fourth-order valence-electron chi connectivity index (χ4n) is 4.17. The summed E-state index contributed by atoms with van der Waals surface area (Å²) >= 11 is 0. The molecule has 3 saturated carbocycles. The Kier molecular flexibility index (Phi) is 0.735. The highest BCUT2D eigenvalue weighted by molar-refractivity contribution is 5.22. The lowest BCUT2D eigenvalue weighted by Gasteiger charge is -2.37. The quantitative estimate of drug-likeness (QED) is 0.480. The number of rotatable bonds is 0. The Morgan fingerprint density at radius 1 is 1.10 bits per heavy atom. The van der Waals surface area contributed by atoms with Gasteiger partial charge in [0.05, 0.1) is 0 Å². The van der Waals surface area contributed by atoms with Gasteiger partial charge < -0.3 is 0 Å². The zero-order chi connectivity index (χ0) is 6.93. The second kappa shape index (κ2) is 1.31. The summed E-state index contributed by atoms with van der Waals surface area (Å²) in [4.78, 5) is 0. The Balaban J connectivity index is 1.91. The summed E-state index contributed by atoms with van der Waals surface area (Å²) in [6.45, 7) is 4.91. The second-order valence-corrected chi connectivity index (χ2v) is 5.05. The van der Waals surface area contributed by atoms with Crippen molar-refractivity contribution in [1.29, 1.82) is 0 Å². The fourth-order valence-corrected chi connectivity index (χ4v) is 4.17. The van der Waals surface area contributed by atoms with E-state index in [0.29, 0.717) is 0 Å². The molecule has 0 amide bonds. The normalized spacial score (nSPS) is 70.2. The average Bonchev–Trinajstić information content (AvgIpc) is 2.43. The number of hydrogen-bond donors (Lipinski definition) is 0. The van der Waals surface area contributed by atoms with Crippen molar-refractivity contribution in [2.75, 3.05) is 0 Å². The molecule has 56 valence electrons. The summed E-state index contributed by atoms with van der Waals surface area (Å²) in [6, 6.07) is 0. The lowest BCUT2D eigenvalue weighted by molar-refractivity contribution is 0.106. The zero-order valence-corrected chi connectivity index (χ0v) is 6.93. The van der Waals surface area contributed by atoms with E-state index in [2.05, 4.69) is 13.8 Å². The van der Waals surface area contributed by atoms with Crippen LogP contribution in [-0.2, 0) is 0 Å². The number of hydrogen-bond acceptors (Lipinski definition) is 0. The van der Waals surface area contributed by atoms with Gasteiger partial charge in [0.1, 0.15) is 0 Å². The van der Waals surface area contributed by atoms with Crippen molar-refractivity contribution in [1.82, 2.24) is 0 Å². The summed E-state index contributed by atoms with van der Waals surface area (Å²) in [7, 11) is 0. The summed E-state index contributed by atoms with van der Waals surface area (Å²) in [5.41, 5.74) is 0.943. The van der Waals surface area contributed by atoms with Gasteiger partial charge in [-0.25, -0.2) is 0 Å². The van der Waals surface area contributed by atoms with Gasteiger partial charge >= 0.3 is 0 Å². The topological polar surface area (TPSA) is 0 Å². The molecule has 0 aromatic heterocycles. The van der Waals surface area contributed by atoms with Crippen molar-refractivity contribution in [3.63, 3.8) is 0 Å². The van der Waals surface area contributed by atoms with E-state index in [1.165, 1.54) is 5.92 Å². The molecule has 0 N–H and O–H groups in total. The summed E-state index contributed by atoms with van der Waals surface area (Å²) < 4.78 is 0. The van der Waals surface area contributed by atoms with Crippen LogP contribution in [0.15, 0.2) is 0 Å². The largest absolute Gasteiger partial charge is 0.0625 e. The molecule has 0 heterocycles. The van der Waals surface area contributed by atoms with Gasteiger partial charge in [0, 0.05) is 0 Å². The maximum atomic E-state index is 2.47. The Labute approximate surface area is 63.0 Å².